The topological polar surface area (TPSA) is 147 Å². The zero-order chi connectivity index (χ0) is 25.2. The number of fused-ring (bicyclic) bond motifs is 3. The van der Waals surface area contributed by atoms with Gasteiger partial charge in [-0.1, -0.05) is 0 Å². The van der Waals surface area contributed by atoms with Crippen LogP contribution in [-0.2, 0) is 11.3 Å². The molecule has 3 aromatic rings. The van der Waals surface area contributed by atoms with E-state index in [-0.39, 0.29) is 24.2 Å². The number of ether oxygens (including phenoxy) is 1. The van der Waals surface area contributed by atoms with Gasteiger partial charge in [-0.05, 0) is 38.1 Å². The second-order valence-electron chi connectivity index (χ2n) is 8.65. The predicted molar refractivity (Wildman–Crippen MR) is 130 cm³/mol. The molecule has 0 bridgehead atoms. The molecule has 2 aliphatic rings. The molecule has 1 saturated heterocycles. The first-order valence-electron chi connectivity index (χ1n) is 11.6. The number of amides is 1. The van der Waals surface area contributed by atoms with Crippen LogP contribution in [0.25, 0.3) is 0 Å². The summed E-state index contributed by atoms with van der Waals surface area (Å²) < 4.78 is 5.68. The summed E-state index contributed by atoms with van der Waals surface area (Å²) in [6.07, 6.45) is 4.86. The van der Waals surface area contributed by atoms with E-state index in [4.69, 9.17) is 10.5 Å². The lowest BCUT2D eigenvalue weighted by atomic mass is 10.0. The zero-order valence-electron chi connectivity index (χ0n) is 20.0. The van der Waals surface area contributed by atoms with E-state index in [1.54, 1.807) is 54.7 Å². The third-order valence-corrected chi connectivity index (χ3v) is 6.43. The van der Waals surface area contributed by atoms with Gasteiger partial charge in [-0.3, -0.25) is 9.78 Å². The number of carbonyl (C=O) groups is 1. The van der Waals surface area contributed by atoms with Crippen LogP contribution in [0.4, 0.5) is 5.69 Å². The SMILES string of the molecule is Cc1nc(CN(C(=O)c2cc3c(cn2)N=C(N)N2CCOC[C@@H]32)[C@H](C)c2ncccn2)ccc1C#N. The van der Waals surface area contributed by atoms with Crippen molar-refractivity contribution in [1.29, 1.82) is 5.26 Å². The molecule has 182 valence electrons. The Hall–Kier alpha value is -4.43. The fourth-order valence-electron chi connectivity index (χ4n) is 4.46. The fraction of sp³-hybridized carbons (Fsp3) is 0.320. The average molecular weight is 484 g/mol. The van der Waals surface area contributed by atoms with Gasteiger partial charge in [0.25, 0.3) is 5.91 Å². The lowest BCUT2D eigenvalue weighted by molar-refractivity contribution is 0.0240. The predicted octanol–water partition coefficient (Wildman–Crippen LogP) is 2.18. The fourth-order valence-corrected chi connectivity index (χ4v) is 4.46. The highest BCUT2D eigenvalue weighted by Gasteiger charge is 2.34. The van der Waals surface area contributed by atoms with Crippen molar-refractivity contribution in [1.82, 2.24) is 29.7 Å². The van der Waals surface area contributed by atoms with E-state index in [0.29, 0.717) is 54.2 Å². The molecule has 0 unspecified atom stereocenters. The molecule has 0 saturated carbocycles. The van der Waals surface area contributed by atoms with Gasteiger partial charge in [-0.15, -0.1) is 0 Å². The summed E-state index contributed by atoms with van der Waals surface area (Å²) in [5.41, 5.74) is 9.63. The van der Waals surface area contributed by atoms with Crippen molar-refractivity contribution in [3.63, 3.8) is 0 Å². The summed E-state index contributed by atoms with van der Waals surface area (Å²) in [6, 6.07) is 8.48. The minimum Gasteiger partial charge on any atom is -0.377 e. The number of aryl methyl sites for hydroxylation is 1. The van der Waals surface area contributed by atoms with Crippen LogP contribution >= 0.6 is 0 Å². The van der Waals surface area contributed by atoms with E-state index >= 15 is 0 Å². The number of nitriles is 1. The summed E-state index contributed by atoms with van der Waals surface area (Å²) in [7, 11) is 0. The highest BCUT2D eigenvalue weighted by atomic mass is 16.5. The van der Waals surface area contributed by atoms with Crippen molar-refractivity contribution >= 4 is 17.6 Å². The molecule has 5 heterocycles. The summed E-state index contributed by atoms with van der Waals surface area (Å²) >= 11 is 0. The highest BCUT2D eigenvalue weighted by Crippen LogP contribution is 2.36. The van der Waals surface area contributed by atoms with Gasteiger partial charge in [0.15, 0.2) is 5.96 Å². The number of hydrogen-bond donors (Lipinski definition) is 1. The summed E-state index contributed by atoms with van der Waals surface area (Å²) in [6.45, 7) is 5.47. The van der Waals surface area contributed by atoms with Gasteiger partial charge < -0.3 is 20.3 Å². The van der Waals surface area contributed by atoms with Crippen LogP contribution in [0.5, 0.6) is 0 Å². The number of nitrogens with zero attached hydrogens (tertiary/aromatic N) is 8. The molecule has 0 radical (unpaired) electrons. The van der Waals surface area contributed by atoms with Crippen LogP contribution in [0, 0.1) is 18.3 Å². The summed E-state index contributed by atoms with van der Waals surface area (Å²) in [5, 5.41) is 9.25. The first kappa shape index (κ1) is 23.3. The van der Waals surface area contributed by atoms with Crippen molar-refractivity contribution in [3.8, 4) is 6.07 Å². The van der Waals surface area contributed by atoms with E-state index in [0.717, 1.165) is 5.56 Å². The number of carbonyl (C=O) groups excluding carboxylic acids is 1. The Balaban J connectivity index is 1.51. The third-order valence-electron chi connectivity index (χ3n) is 6.43. The van der Waals surface area contributed by atoms with Gasteiger partial charge in [-0.2, -0.15) is 5.26 Å². The van der Waals surface area contributed by atoms with Crippen molar-refractivity contribution in [2.45, 2.75) is 32.5 Å². The lowest BCUT2D eigenvalue weighted by Gasteiger charge is -2.39. The third kappa shape index (κ3) is 4.34. The molecule has 2 N–H and O–H groups in total. The lowest BCUT2D eigenvalue weighted by Crippen LogP contribution is -2.48. The smallest absolute Gasteiger partial charge is 0.273 e. The number of aliphatic imine (C=N–C) groups is 1. The maximum atomic E-state index is 13.9. The van der Waals surface area contributed by atoms with Crippen molar-refractivity contribution < 1.29 is 9.53 Å². The number of pyridine rings is 2. The van der Waals surface area contributed by atoms with E-state index < -0.39 is 6.04 Å². The molecule has 11 nitrogen and oxygen atoms in total. The largest absolute Gasteiger partial charge is 0.377 e. The van der Waals surface area contributed by atoms with E-state index in [9.17, 15) is 10.1 Å². The Kier molecular flexibility index (Phi) is 6.26. The maximum Gasteiger partial charge on any atom is 0.273 e. The van der Waals surface area contributed by atoms with Gasteiger partial charge in [0.05, 0.1) is 60.7 Å². The van der Waals surface area contributed by atoms with Crippen molar-refractivity contribution in [3.05, 3.63) is 76.9 Å². The van der Waals surface area contributed by atoms with Crippen LogP contribution in [0.3, 0.4) is 0 Å². The Bertz CT molecular complexity index is 1370. The number of morpholine rings is 1. The van der Waals surface area contributed by atoms with Crippen LogP contribution in [0.1, 0.15) is 57.8 Å². The molecular weight excluding hydrogens is 458 g/mol. The number of nitrogens with two attached hydrogens (primary N) is 1. The number of aromatic nitrogens is 4. The van der Waals surface area contributed by atoms with Gasteiger partial charge in [-0.25, -0.2) is 19.9 Å². The molecule has 2 atom stereocenters. The van der Waals surface area contributed by atoms with Gasteiger partial charge in [0.1, 0.15) is 17.6 Å². The molecule has 0 aromatic carbocycles. The number of hydrogen-bond acceptors (Lipinski definition) is 10. The molecule has 1 amide bonds. The standard InChI is InChI=1S/C25H25N9O2/c1-15-17(11-26)4-5-18(31-15)13-34(16(2)23-28-6-3-7-29-23)24(35)20-10-19-21(12-30-20)32-25(27)33-8-9-36-14-22(19)33/h3-7,10,12,16,22H,8-9,13-14H2,1-2H3,(H2,27,32)/t16-,22+/m1/s1. The molecule has 3 aromatic heterocycles. The molecule has 36 heavy (non-hydrogen) atoms. The second-order valence-corrected chi connectivity index (χ2v) is 8.65. The second kappa shape index (κ2) is 9.67. The van der Waals surface area contributed by atoms with Gasteiger partial charge >= 0.3 is 0 Å². The summed E-state index contributed by atoms with van der Waals surface area (Å²) in [5.74, 6) is 0.626. The zero-order valence-corrected chi connectivity index (χ0v) is 20.0. The Morgan fingerprint density at radius 1 is 1.33 bits per heavy atom. The first-order valence-corrected chi connectivity index (χ1v) is 11.6. The van der Waals surface area contributed by atoms with Crippen molar-refractivity contribution in [2.24, 2.45) is 10.7 Å². The average Bonchev–Trinajstić information content (AvgIpc) is 2.91. The normalized spacial score (nSPS) is 17.3. The van der Waals surface area contributed by atoms with Crippen LogP contribution in [0.15, 0.2) is 47.8 Å². The summed E-state index contributed by atoms with van der Waals surface area (Å²) in [4.78, 5) is 39.7. The minimum atomic E-state index is -0.461. The Labute approximate surface area is 208 Å². The maximum absolute atomic E-state index is 13.9. The number of guanidine groups is 1. The van der Waals surface area contributed by atoms with E-state index in [1.807, 2.05) is 11.8 Å². The van der Waals surface area contributed by atoms with E-state index in [2.05, 4.69) is 31.0 Å². The molecule has 2 aliphatic heterocycles. The molecule has 5 rings (SSSR count). The first-order chi connectivity index (χ1) is 17.5. The van der Waals surface area contributed by atoms with Crippen molar-refractivity contribution in [2.75, 3.05) is 19.8 Å². The number of rotatable bonds is 5. The minimum absolute atomic E-state index is 0.132. The molecular formula is C25H25N9O2. The Morgan fingerprint density at radius 2 is 2.14 bits per heavy atom. The van der Waals surface area contributed by atoms with Gasteiger partial charge in [0.2, 0.25) is 0 Å². The van der Waals surface area contributed by atoms with Crippen LogP contribution in [-0.4, -0.2) is 61.4 Å². The van der Waals surface area contributed by atoms with E-state index in [1.165, 1.54) is 0 Å². The molecule has 1 fully saturated rings. The molecule has 0 spiro atoms. The molecule has 11 heteroatoms. The quantitative estimate of drug-likeness (QED) is 0.577. The Morgan fingerprint density at radius 3 is 2.89 bits per heavy atom. The van der Waals surface area contributed by atoms with Crippen LogP contribution < -0.4 is 5.73 Å². The monoisotopic (exact) mass is 483 g/mol. The van der Waals surface area contributed by atoms with Gasteiger partial charge in [0, 0.05) is 24.5 Å². The van der Waals surface area contributed by atoms with Crippen LogP contribution in [0.2, 0.25) is 0 Å². The molecule has 0 aliphatic carbocycles. The highest BCUT2D eigenvalue weighted by molar-refractivity contribution is 5.93.